The van der Waals surface area contributed by atoms with E-state index in [0.717, 1.165) is 29.6 Å². The largest absolute Gasteiger partial charge is 0.396 e. The average Bonchev–Trinajstić information content (AvgIpc) is 2.80. The van der Waals surface area contributed by atoms with Crippen LogP contribution >= 0.6 is 15.9 Å². The van der Waals surface area contributed by atoms with Gasteiger partial charge in [-0.3, -0.25) is 0 Å². The number of rotatable bonds is 6. The second kappa shape index (κ2) is 6.87. The average molecular weight is 323 g/mol. The van der Waals surface area contributed by atoms with E-state index in [1.54, 1.807) is 0 Å². The molecular formula is C15H19BrN2O. The summed E-state index contributed by atoms with van der Waals surface area (Å²) in [6.45, 7) is 0.219. The molecule has 2 rings (SSSR count). The number of halogens is 1. The highest BCUT2D eigenvalue weighted by molar-refractivity contribution is 9.10. The van der Waals surface area contributed by atoms with E-state index in [1.165, 1.54) is 5.56 Å². The molecule has 2 aromatic rings. The van der Waals surface area contributed by atoms with Crippen molar-refractivity contribution < 1.29 is 5.11 Å². The molecule has 1 heterocycles. The monoisotopic (exact) mass is 322 g/mol. The van der Waals surface area contributed by atoms with Crippen LogP contribution in [0, 0.1) is 5.92 Å². The number of imidazole rings is 1. The van der Waals surface area contributed by atoms with Gasteiger partial charge in [0.15, 0.2) is 0 Å². The lowest BCUT2D eigenvalue weighted by atomic mass is 9.95. The Bertz CT molecular complexity index is 524. The number of aliphatic hydroxyl groups is 1. The van der Waals surface area contributed by atoms with Gasteiger partial charge in [-0.25, -0.2) is 4.98 Å². The van der Waals surface area contributed by atoms with E-state index in [0.29, 0.717) is 0 Å². The van der Waals surface area contributed by atoms with Crippen LogP contribution in [0.3, 0.4) is 0 Å². The molecule has 0 amide bonds. The SMILES string of the molecule is Cn1ccnc1CCC(CO)Cc1cccc(Br)c1. The molecule has 0 spiro atoms. The molecule has 1 atom stereocenters. The molecule has 1 aromatic carbocycles. The lowest BCUT2D eigenvalue weighted by Crippen LogP contribution is -2.12. The van der Waals surface area contributed by atoms with Gasteiger partial charge in [0.25, 0.3) is 0 Å². The molecule has 0 saturated heterocycles. The molecular weight excluding hydrogens is 304 g/mol. The van der Waals surface area contributed by atoms with E-state index in [4.69, 9.17) is 0 Å². The van der Waals surface area contributed by atoms with Gasteiger partial charge in [0.1, 0.15) is 5.82 Å². The highest BCUT2D eigenvalue weighted by Crippen LogP contribution is 2.18. The lowest BCUT2D eigenvalue weighted by Gasteiger charge is -2.14. The molecule has 0 fully saturated rings. The minimum Gasteiger partial charge on any atom is -0.396 e. The molecule has 0 radical (unpaired) electrons. The van der Waals surface area contributed by atoms with Crippen LogP contribution in [-0.2, 0) is 19.9 Å². The van der Waals surface area contributed by atoms with Gasteiger partial charge in [-0.2, -0.15) is 0 Å². The van der Waals surface area contributed by atoms with Gasteiger partial charge in [-0.1, -0.05) is 28.1 Å². The fraction of sp³-hybridized carbons (Fsp3) is 0.400. The van der Waals surface area contributed by atoms with Gasteiger partial charge in [0.05, 0.1) is 0 Å². The number of benzene rings is 1. The van der Waals surface area contributed by atoms with Gasteiger partial charge in [-0.05, 0) is 36.5 Å². The predicted octanol–water partition coefficient (Wildman–Crippen LogP) is 2.97. The van der Waals surface area contributed by atoms with Gasteiger partial charge in [0.2, 0.25) is 0 Å². The molecule has 1 aromatic heterocycles. The van der Waals surface area contributed by atoms with Crippen molar-refractivity contribution in [1.29, 1.82) is 0 Å². The Morgan fingerprint density at radius 3 is 2.89 bits per heavy atom. The van der Waals surface area contributed by atoms with E-state index in [1.807, 2.05) is 36.1 Å². The van der Waals surface area contributed by atoms with Gasteiger partial charge in [-0.15, -0.1) is 0 Å². The maximum Gasteiger partial charge on any atom is 0.108 e. The number of aryl methyl sites for hydroxylation is 2. The third kappa shape index (κ3) is 4.18. The number of nitrogens with zero attached hydrogens (tertiary/aromatic N) is 2. The van der Waals surface area contributed by atoms with Crippen molar-refractivity contribution >= 4 is 15.9 Å². The summed E-state index contributed by atoms with van der Waals surface area (Å²) in [6, 6.07) is 8.27. The summed E-state index contributed by atoms with van der Waals surface area (Å²) >= 11 is 3.48. The van der Waals surface area contributed by atoms with E-state index >= 15 is 0 Å². The molecule has 0 saturated carbocycles. The quantitative estimate of drug-likeness (QED) is 0.887. The van der Waals surface area contributed by atoms with E-state index in [-0.39, 0.29) is 12.5 Å². The number of hydrogen-bond donors (Lipinski definition) is 1. The molecule has 3 nitrogen and oxygen atoms in total. The number of aliphatic hydroxyl groups excluding tert-OH is 1. The first kappa shape index (κ1) is 14.3. The molecule has 1 N–H and O–H groups in total. The maximum absolute atomic E-state index is 9.52. The Morgan fingerprint density at radius 1 is 1.42 bits per heavy atom. The van der Waals surface area contributed by atoms with Crippen LogP contribution in [0.1, 0.15) is 17.8 Å². The van der Waals surface area contributed by atoms with Crippen molar-refractivity contribution in [2.75, 3.05) is 6.61 Å². The van der Waals surface area contributed by atoms with Crippen LogP contribution < -0.4 is 0 Å². The van der Waals surface area contributed by atoms with Crippen molar-refractivity contribution in [1.82, 2.24) is 9.55 Å². The minimum absolute atomic E-state index is 0.219. The maximum atomic E-state index is 9.52. The fourth-order valence-corrected chi connectivity index (χ4v) is 2.67. The van der Waals surface area contributed by atoms with Crippen molar-refractivity contribution in [2.45, 2.75) is 19.3 Å². The van der Waals surface area contributed by atoms with Gasteiger partial charge < -0.3 is 9.67 Å². The Balaban J connectivity index is 1.92. The first-order valence-corrected chi connectivity index (χ1v) is 7.30. The highest BCUT2D eigenvalue weighted by atomic mass is 79.9. The smallest absolute Gasteiger partial charge is 0.108 e. The van der Waals surface area contributed by atoms with E-state index in [9.17, 15) is 5.11 Å². The number of hydrogen-bond acceptors (Lipinski definition) is 2. The zero-order chi connectivity index (χ0) is 13.7. The second-order valence-corrected chi connectivity index (χ2v) is 5.79. The second-order valence-electron chi connectivity index (χ2n) is 4.88. The van der Waals surface area contributed by atoms with Crippen molar-refractivity contribution in [3.05, 3.63) is 52.5 Å². The van der Waals surface area contributed by atoms with Crippen LogP contribution in [0.4, 0.5) is 0 Å². The summed E-state index contributed by atoms with van der Waals surface area (Å²) in [5, 5.41) is 9.52. The van der Waals surface area contributed by atoms with Crippen LogP contribution in [0.15, 0.2) is 41.1 Å². The van der Waals surface area contributed by atoms with Gasteiger partial charge in [0, 0.05) is 36.9 Å². The molecule has 0 bridgehead atoms. The van der Waals surface area contributed by atoms with Crippen LogP contribution in [-0.4, -0.2) is 21.3 Å². The molecule has 0 aliphatic carbocycles. The first-order valence-electron chi connectivity index (χ1n) is 6.50. The standard InChI is InChI=1S/C15H19BrN2O/c1-18-8-7-17-15(18)6-5-13(11-19)9-12-3-2-4-14(16)10-12/h2-4,7-8,10,13,19H,5-6,9,11H2,1H3. The summed E-state index contributed by atoms with van der Waals surface area (Å²) in [7, 11) is 2.00. The van der Waals surface area contributed by atoms with Crippen LogP contribution in [0.5, 0.6) is 0 Å². The molecule has 0 aliphatic rings. The molecule has 4 heteroatoms. The van der Waals surface area contributed by atoms with Crippen molar-refractivity contribution in [2.24, 2.45) is 13.0 Å². The van der Waals surface area contributed by atoms with E-state index < -0.39 is 0 Å². The summed E-state index contributed by atoms with van der Waals surface area (Å²) < 4.78 is 3.12. The topological polar surface area (TPSA) is 38.0 Å². The van der Waals surface area contributed by atoms with Gasteiger partial charge >= 0.3 is 0 Å². The summed E-state index contributed by atoms with van der Waals surface area (Å²) in [5.74, 6) is 1.36. The Labute approximate surface area is 122 Å². The molecule has 0 aliphatic heterocycles. The predicted molar refractivity (Wildman–Crippen MR) is 80.0 cm³/mol. The summed E-state index contributed by atoms with van der Waals surface area (Å²) in [6.07, 6.45) is 6.53. The van der Waals surface area contributed by atoms with E-state index in [2.05, 4.69) is 33.0 Å². The Kier molecular flexibility index (Phi) is 5.16. The normalized spacial score (nSPS) is 12.6. The molecule has 102 valence electrons. The van der Waals surface area contributed by atoms with Crippen molar-refractivity contribution in [3.63, 3.8) is 0 Å². The molecule has 1 unspecified atom stereocenters. The van der Waals surface area contributed by atoms with Crippen LogP contribution in [0.2, 0.25) is 0 Å². The first-order chi connectivity index (χ1) is 9.19. The zero-order valence-electron chi connectivity index (χ0n) is 11.1. The third-order valence-electron chi connectivity index (χ3n) is 3.37. The minimum atomic E-state index is 0.219. The van der Waals surface area contributed by atoms with Crippen LogP contribution in [0.25, 0.3) is 0 Å². The lowest BCUT2D eigenvalue weighted by molar-refractivity contribution is 0.217. The Hall–Kier alpha value is -1.13. The summed E-state index contributed by atoms with van der Waals surface area (Å²) in [5.41, 5.74) is 1.26. The third-order valence-corrected chi connectivity index (χ3v) is 3.86. The molecule has 19 heavy (non-hydrogen) atoms. The zero-order valence-corrected chi connectivity index (χ0v) is 12.7. The van der Waals surface area contributed by atoms with Crippen molar-refractivity contribution in [3.8, 4) is 0 Å². The highest BCUT2D eigenvalue weighted by Gasteiger charge is 2.10. The summed E-state index contributed by atoms with van der Waals surface area (Å²) in [4.78, 5) is 4.32. The fourth-order valence-electron chi connectivity index (χ4n) is 2.23. The number of aromatic nitrogens is 2. The Morgan fingerprint density at radius 2 is 2.26 bits per heavy atom.